The number of alkyl halides is 6. The molecule has 5 rings (SSSR count). The average Bonchev–Trinajstić information content (AvgIpc) is 3.68. The SMILES string of the molecule is CC[C@@H]1C[C@H](N(Cc2cc(C(F)(F)F)cc(C(F)(F)F)c2)c2ncc(-c3cnn(C)c3)cn2)CN1C(=O)CNC1CCC(C(=O)O)CC1. The summed E-state index contributed by atoms with van der Waals surface area (Å²) >= 11 is 0. The molecule has 1 amide bonds. The van der Waals surface area contributed by atoms with Crippen LogP contribution in [0, 0.1) is 5.92 Å². The number of carboxylic acid groups (broad SMARTS) is 1. The summed E-state index contributed by atoms with van der Waals surface area (Å²) in [5.41, 5.74) is -1.73. The van der Waals surface area contributed by atoms with E-state index in [1.165, 1.54) is 12.4 Å². The number of nitrogens with one attached hydrogen (secondary N) is 1. The molecule has 3 aromatic rings. The number of carbonyl (C=O) groups is 2. The molecular formula is C32H37F6N7O3. The van der Waals surface area contributed by atoms with Gasteiger partial charge in [0.25, 0.3) is 0 Å². The first-order valence-corrected chi connectivity index (χ1v) is 15.7. The van der Waals surface area contributed by atoms with Crippen LogP contribution in [0.4, 0.5) is 32.3 Å². The van der Waals surface area contributed by atoms with Gasteiger partial charge in [-0.3, -0.25) is 14.3 Å². The van der Waals surface area contributed by atoms with Crippen LogP contribution in [0.15, 0.2) is 43.0 Å². The van der Waals surface area contributed by atoms with Crippen LogP contribution in [0.2, 0.25) is 0 Å². The van der Waals surface area contributed by atoms with Crippen LogP contribution >= 0.6 is 0 Å². The number of aromatic nitrogens is 4. The number of hydrogen-bond acceptors (Lipinski definition) is 7. The first-order valence-electron chi connectivity index (χ1n) is 15.7. The maximum atomic E-state index is 13.7. The van der Waals surface area contributed by atoms with E-state index >= 15 is 0 Å². The van der Waals surface area contributed by atoms with Crippen molar-refractivity contribution in [2.45, 2.75) is 82.5 Å². The molecule has 0 unspecified atom stereocenters. The smallest absolute Gasteiger partial charge is 0.416 e. The van der Waals surface area contributed by atoms with Crippen LogP contribution in [0.1, 0.15) is 62.1 Å². The monoisotopic (exact) mass is 681 g/mol. The molecule has 48 heavy (non-hydrogen) atoms. The van der Waals surface area contributed by atoms with E-state index in [0.717, 1.165) is 5.56 Å². The highest BCUT2D eigenvalue weighted by molar-refractivity contribution is 5.79. The minimum atomic E-state index is -5.01. The summed E-state index contributed by atoms with van der Waals surface area (Å²) in [7, 11) is 1.74. The zero-order valence-electron chi connectivity index (χ0n) is 26.4. The number of halogens is 6. The highest BCUT2D eigenvalue weighted by atomic mass is 19.4. The van der Waals surface area contributed by atoms with Crippen LogP contribution < -0.4 is 10.2 Å². The summed E-state index contributed by atoms with van der Waals surface area (Å²) in [4.78, 5) is 36.9. The Morgan fingerprint density at radius 3 is 2.10 bits per heavy atom. The van der Waals surface area contributed by atoms with Crippen LogP contribution in [-0.2, 0) is 35.5 Å². The first-order chi connectivity index (χ1) is 22.6. The van der Waals surface area contributed by atoms with E-state index in [1.807, 2.05) is 6.92 Å². The van der Waals surface area contributed by atoms with Crippen molar-refractivity contribution >= 4 is 17.8 Å². The molecule has 0 spiro atoms. The first kappa shape index (κ1) is 35.1. The Morgan fingerprint density at radius 1 is 0.958 bits per heavy atom. The Morgan fingerprint density at radius 2 is 1.58 bits per heavy atom. The maximum Gasteiger partial charge on any atom is 0.416 e. The molecule has 3 heterocycles. The molecule has 1 aromatic carbocycles. The van der Waals surface area contributed by atoms with E-state index in [-0.39, 0.29) is 55.2 Å². The highest BCUT2D eigenvalue weighted by Crippen LogP contribution is 2.37. The van der Waals surface area contributed by atoms with Crippen molar-refractivity contribution in [1.82, 2.24) is 30.0 Å². The third-order valence-corrected chi connectivity index (χ3v) is 9.18. The van der Waals surface area contributed by atoms with Gasteiger partial charge in [0.1, 0.15) is 0 Å². The molecule has 260 valence electrons. The van der Waals surface area contributed by atoms with Crippen molar-refractivity contribution in [1.29, 1.82) is 0 Å². The number of carbonyl (C=O) groups excluding carboxylic acids is 1. The Bertz CT molecular complexity index is 1550. The van der Waals surface area contributed by atoms with Crippen molar-refractivity contribution in [2.75, 3.05) is 18.0 Å². The van der Waals surface area contributed by atoms with Gasteiger partial charge in [-0.25, -0.2) is 9.97 Å². The molecule has 0 bridgehead atoms. The minimum Gasteiger partial charge on any atom is -0.481 e. The van der Waals surface area contributed by atoms with Crippen LogP contribution in [0.25, 0.3) is 11.1 Å². The number of rotatable bonds is 10. The second kappa shape index (κ2) is 14.1. The zero-order valence-corrected chi connectivity index (χ0v) is 26.4. The largest absolute Gasteiger partial charge is 0.481 e. The Labute approximate surface area is 273 Å². The summed E-state index contributed by atoms with van der Waals surface area (Å²) in [6.45, 7) is 1.71. The molecule has 2 fully saturated rings. The molecule has 1 aliphatic carbocycles. The van der Waals surface area contributed by atoms with Gasteiger partial charge < -0.3 is 20.2 Å². The van der Waals surface area contributed by atoms with Gasteiger partial charge in [-0.05, 0) is 62.3 Å². The topological polar surface area (TPSA) is 116 Å². The van der Waals surface area contributed by atoms with E-state index in [9.17, 15) is 41.0 Å². The van der Waals surface area contributed by atoms with Gasteiger partial charge >= 0.3 is 18.3 Å². The van der Waals surface area contributed by atoms with Gasteiger partial charge in [0.2, 0.25) is 11.9 Å². The second-order valence-corrected chi connectivity index (χ2v) is 12.5. The van der Waals surface area contributed by atoms with E-state index in [1.54, 1.807) is 33.9 Å². The zero-order chi connectivity index (χ0) is 34.8. The number of likely N-dealkylation sites (tertiary alicyclic amines) is 1. The van der Waals surface area contributed by atoms with E-state index in [2.05, 4.69) is 20.4 Å². The third-order valence-electron chi connectivity index (χ3n) is 9.18. The second-order valence-electron chi connectivity index (χ2n) is 12.5. The summed E-state index contributed by atoms with van der Waals surface area (Å²) in [6.07, 6.45) is -0.384. The van der Waals surface area contributed by atoms with Gasteiger partial charge in [0, 0.05) is 61.9 Å². The Hall–Kier alpha value is -4.21. The van der Waals surface area contributed by atoms with Crippen LogP contribution in [0.5, 0.6) is 0 Å². The molecular weight excluding hydrogens is 644 g/mol. The fourth-order valence-corrected chi connectivity index (χ4v) is 6.55. The predicted molar refractivity (Wildman–Crippen MR) is 162 cm³/mol. The minimum absolute atomic E-state index is 0.00464. The lowest BCUT2D eigenvalue weighted by Crippen LogP contribution is -2.46. The van der Waals surface area contributed by atoms with Crippen LogP contribution in [0.3, 0.4) is 0 Å². The molecule has 10 nitrogen and oxygen atoms in total. The molecule has 16 heteroatoms. The van der Waals surface area contributed by atoms with Gasteiger partial charge in [-0.15, -0.1) is 0 Å². The van der Waals surface area contributed by atoms with E-state index in [4.69, 9.17) is 0 Å². The molecule has 1 saturated heterocycles. The number of anilines is 1. The van der Waals surface area contributed by atoms with Crippen molar-refractivity contribution in [3.8, 4) is 11.1 Å². The molecule has 2 N–H and O–H groups in total. The van der Waals surface area contributed by atoms with E-state index < -0.39 is 41.4 Å². The van der Waals surface area contributed by atoms with Crippen molar-refractivity contribution < 1.29 is 41.0 Å². The number of aliphatic carboxylic acids is 1. The molecule has 2 aromatic heterocycles. The lowest BCUT2D eigenvalue weighted by Gasteiger charge is -2.30. The van der Waals surface area contributed by atoms with Gasteiger partial charge in [-0.2, -0.15) is 31.4 Å². The standard InChI is InChI=1S/C32H37F6N7O3/c1-3-26-11-27(18-44(26)28(46)15-39-25-6-4-20(5-7-25)29(47)48)45(30-40-12-21(13-41-30)22-14-42-43(2)17-22)16-19-8-23(31(33,34)35)10-24(9-19)32(36,37)38/h8-10,12-14,17,20,25-27,39H,3-7,11,15-16,18H2,1-2H3,(H,47,48)/t20?,25?,26-,27+/m1/s1. The highest BCUT2D eigenvalue weighted by Gasteiger charge is 2.40. The summed E-state index contributed by atoms with van der Waals surface area (Å²) in [6, 6.07) is 0.732. The molecule has 1 aliphatic heterocycles. The summed E-state index contributed by atoms with van der Waals surface area (Å²) < 4.78 is 83.9. The predicted octanol–water partition coefficient (Wildman–Crippen LogP) is 5.53. The van der Waals surface area contributed by atoms with Gasteiger partial charge in [0.05, 0.1) is 35.8 Å². The Kier molecular flexibility index (Phi) is 10.3. The normalized spacial score (nSPS) is 21.8. The molecule has 2 aliphatic rings. The lowest BCUT2D eigenvalue weighted by molar-refractivity contribution is -0.144. The third kappa shape index (κ3) is 8.25. The van der Waals surface area contributed by atoms with Crippen molar-refractivity contribution in [3.63, 3.8) is 0 Å². The lowest BCUT2D eigenvalue weighted by atomic mass is 9.86. The number of amides is 1. The number of aryl methyl sites for hydroxylation is 1. The maximum absolute atomic E-state index is 13.7. The molecule has 0 radical (unpaired) electrons. The van der Waals surface area contributed by atoms with Crippen molar-refractivity contribution in [3.05, 3.63) is 59.7 Å². The molecule has 2 atom stereocenters. The quantitative estimate of drug-likeness (QED) is 0.269. The fraction of sp³-hybridized carbons (Fsp3) is 0.531. The Balaban J connectivity index is 1.40. The van der Waals surface area contributed by atoms with E-state index in [0.29, 0.717) is 56.2 Å². The summed E-state index contributed by atoms with van der Waals surface area (Å²) in [5, 5.41) is 16.6. The fourth-order valence-electron chi connectivity index (χ4n) is 6.55. The number of benzene rings is 1. The van der Waals surface area contributed by atoms with Crippen molar-refractivity contribution in [2.24, 2.45) is 13.0 Å². The van der Waals surface area contributed by atoms with Gasteiger partial charge in [0.15, 0.2) is 0 Å². The number of hydrogen-bond donors (Lipinski definition) is 2. The molecule has 1 saturated carbocycles. The number of carboxylic acids is 1. The van der Waals surface area contributed by atoms with Crippen LogP contribution in [-0.4, -0.2) is 72.8 Å². The number of nitrogens with zero attached hydrogens (tertiary/aromatic N) is 6. The summed E-state index contributed by atoms with van der Waals surface area (Å²) in [5.74, 6) is -1.32. The van der Waals surface area contributed by atoms with Gasteiger partial charge in [-0.1, -0.05) is 6.92 Å². The average molecular weight is 682 g/mol.